The molecule has 0 unspecified atom stereocenters. The van der Waals surface area contributed by atoms with Crippen LogP contribution >= 0.6 is 23.1 Å². The number of rotatable bonds is 6. The summed E-state index contributed by atoms with van der Waals surface area (Å²) in [7, 11) is 3.08. The first kappa shape index (κ1) is 16.6. The monoisotopic (exact) mass is 339 g/mol. The number of methoxy groups -OCH3 is 2. The molecule has 118 valence electrons. The number of carbonyl (C=O) groups is 1. The molecule has 22 heavy (non-hydrogen) atoms. The molecule has 2 rings (SSSR count). The van der Waals surface area contributed by atoms with E-state index in [0.717, 1.165) is 4.34 Å². The molecule has 0 spiro atoms. The van der Waals surface area contributed by atoms with Gasteiger partial charge in [0.25, 0.3) is 5.91 Å². The van der Waals surface area contributed by atoms with Gasteiger partial charge in [0.2, 0.25) is 5.13 Å². The van der Waals surface area contributed by atoms with Crippen LogP contribution in [-0.2, 0) is 0 Å². The van der Waals surface area contributed by atoms with E-state index in [4.69, 9.17) is 9.47 Å². The van der Waals surface area contributed by atoms with Gasteiger partial charge < -0.3 is 9.47 Å². The second-order valence-corrected chi connectivity index (χ2v) is 7.36. The van der Waals surface area contributed by atoms with Crippen LogP contribution in [0.1, 0.15) is 24.2 Å². The van der Waals surface area contributed by atoms with E-state index in [0.29, 0.717) is 27.4 Å². The zero-order valence-corrected chi connectivity index (χ0v) is 14.4. The Kier molecular flexibility index (Phi) is 5.62. The van der Waals surface area contributed by atoms with Crippen LogP contribution in [0.5, 0.6) is 11.5 Å². The summed E-state index contributed by atoms with van der Waals surface area (Å²) in [4.78, 5) is 12.2. The van der Waals surface area contributed by atoms with Gasteiger partial charge in [-0.3, -0.25) is 10.1 Å². The summed E-state index contributed by atoms with van der Waals surface area (Å²) in [6, 6.07) is 4.98. The van der Waals surface area contributed by atoms with E-state index in [1.54, 1.807) is 37.1 Å². The molecule has 0 atom stereocenters. The van der Waals surface area contributed by atoms with Gasteiger partial charge in [-0.1, -0.05) is 36.9 Å². The summed E-state index contributed by atoms with van der Waals surface area (Å²) in [6.45, 7) is 4.15. The van der Waals surface area contributed by atoms with Gasteiger partial charge in [0.1, 0.15) is 0 Å². The van der Waals surface area contributed by atoms with Crippen LogP contribution in [0.3, 0.4) is 0 Å². The quantitative estimate of drug-likeness (QED) is 0.643. The lowest BCUT2D eigenvalue weighted by Gasteiger charge is -2.08. The molecule has 0 aliphatic rings. The number of ether oxygens (including phenoxy) is 2. The number of anilines is 1. The van der Waals surface area contributed by atoms with Crippen LogP contribution in [0.25, 0.3) is 0 Å². The van der Waals surface area contributed by atoms with E-state index in [-0.39, 0.29) is 5.91 Å². The Morgan fingerprint density at radius 3 is 2.59 bits per heavy atom. The lowest BCUT2D eigenvalue weighted by Crippen LogP contribution is -2.11. The van der Waals surface area contributed by atoms with Crippen LogP contribution in [-0.4, -0.2) is 35.6 Å². The molecule has 1 aromatic heterocycles. The van der Waals surface area contributed by atoms with Crippen molar-refractivity contribution in [2.24, 2.45) is 0 Å². The predicted octanol–water partition coefficient (Wildman–Crippen LogP) is 3.31. The number of benzene rings is 1. The highest BCUT2D eigenvalue weighted by Crippen LogP contribution is 2.30. The van der Waals surface area contributed by atoms with Crippen molar-refractivity contribution in [3.8, 4) is 11.5 Å². The molecule has 0 bridgehead atoms. The third-order valence-corrected chi connectivity index (χ3v) is 4.54. The Balaban J connectivity index is 2.10. The van der Waals surface area contributed by atoms with Crippen molar-refractivity contribution < 1.29 is 14.3 Å². The lowest BCUT2D eigenvalue weighted by atomic mass is 10.2. The predicted molar refractivity (Wildman–Crippen MR) is 88.4 cm³/mol. The van der Waals surface area contributed by atoms with Crippen LogP contribution in [0.15, 0.2) is 22.5 Å². The molecule has 0 radical (unpaired) electrons. The summed E-state index contributed by atoms with van der Waals surface area (Å²) < 4.78 is 11.2. The van der Waals surface area contributed by atoms with Crippen molar-refractivity contribution in [2.45, 2.75) is 23.4 Å². The van der Waals surface area contributed by atoms with Gasteiger partial charge in [0.05, 0.1) is 14.2 Å². The van der Waals surface area contributed by atoms with Crippen LogP contribution in [0, 0.1) is 0 Å². The molecule has 0 aliphatic carbocycles. The summed E-state index contributed by atoms with van der Waals surface area (Å²) in [5.41, 5.74) is 0.464. The van der Waals surface area contributed by atoms with Gasteiger partial charge in [0, 0.05) is 10.8 Å². The maximum absolute atomic E-state index is 12.2. The minimum atomic E-state index is -0.266. The molecule has 1 N–H and O–H groups in total. The highest BCUT2D eigenvalue weighted by Gasteiger charge is 2.14. The summed E-state index contributed by atoms with van der Waals surface area (Å²) in [5, 5.41) is 11.6. The average molecular weight is 339 g/mol. The first-order chi connectivity index (χ1) is 10.5. The number of carbonyl (C=O) groups excluding carboxylic acids is 1. The molecule has 0 saturated carbocycles. The standard InChI is InChI=1S/C14H17N3O3S2/c1-8(2)21-14-17-16-13(22-14)15-12(18)9-5-6-10(19-3)11(7-9)20-4/h5-8H,1-4H3,(H,15,16,18). The second-order valence-electron chi connectivity index (χ2n) is 4.56. The van der Waals surface area contributed by atoms with E-state index in [1.807, 2.05) is 0 Å². The van der Waals surface area contributed by atoms with E-state index < -0.39 is 0 Å². The van der Waals surface area contributed by atoms with Gasteiger partial charge in [-0.25, -0.2) is 0 Å². The maximum atomic E-state index is 12.2. The van der Waals surface area contributed by atoms with Crippen molar-refractivity contribution in [3.63, 3.8) is 0 Å². The molecule has 6 nitrogen and oxygen atoms in total. The number of nitrogens with zero attached hydrogens (tertiary/aromatic N) is 2. The molecule has 1 amide bonds. The number of nitrogens with one attached hydrogen (secondary N) is 1. The fourth-order valence-electron chi connectivity index (χ4n) is 1.66. The largest absolute Gasteiger partial charge is 0.493 e. The second kappa shape index (κ2) is 7.46. The zero-order valence-electron chi connectivity index (χ0n) is 12.7. The number of aromatic nitrogens is 2. The third kappa shape index (κ3) is 4.11. The SMILES string of the molecule is COc1ccc(C(=O)Nc2nnc(SC(C)C)s2)cc1OC. The number of hydrogen-bond donors (Lipinski definition) is 1. The highest BCUT2D eigenvalue weighted by molar-refractivity contribution is 8.01. The topological polar surface area (TPSA) is 73.3 Å². The molecule has 0 aliphatic heterocycles. The summed E-state index contributed by atoms with van der Waals surface area (Å²) >= 11 is 2.96. The fourth-order valence-corrected chi connectivity index (χ4v) is 3.63. The first-order valence-electron chi connectivity index (χ1n) is 6.57. The molecular weight excluding hydrogens is 322 g/mol. The van der Waals surface area contributed by atoms with Crippen molar-refractivity contribution in [1.82, 2.24) is 10.2 Å². The van der Waals surface area contributed by atoms with Crippen LogP contribution in [0.2, 0.25) is 0 Å². The zero-order chi connectivity index (χ0) is 16.1. The minimum absolute atomic E-state index is 0.266. The van der Waals surface area contributed by atoms with Gasteiger partial charge in [-0.2, -0.15) is 0 Å². The first-order valence-corrected chi connectivity index (χ1v) is 8.26. The Bertz CT molecular complexity index is 659. The number of amides is 1. The fraction of sp³-hybridized carbons (Fsp3) is 0.357. The Hall–Kier alpha value is -1.80. The third-order valence-electron chi connectivity index (χ3n) is 2.61. The smallest absolute Gasteiger partial charge is 0.257 e. The average Bonchev–Trinajstić information content (AvgIpc) is 2.92. The van der Waals surface area contributed by atoms with Gasteiger partial charge in [-0.15, -0.1) is 10.2 Å². The van der Waals surface area contributed by atoms with Crippen LogP contribution < -0.4 is 14.8 Å². The van der Waals surface area contributed by atoms with Crippen molar-refractivity contribution >= 4 is 34.1 Å². The van der Waals surface area contributed by atoms with Crippen molar-refractivity contribution in [1.29, 1.82) is 0 Å². The number of hydrogen-bond acceptors (Lipinski definition) is 7. The lowest BCUT2D eigenvalue weighted by molar-refractivity contribution is 0.102. The van der Waals surface area contributed by atoms with Crippen LogP contribution in [0.4, 0.5) is 5.13 Å². The normalized spacial score (nSPS) is 10.6. The van der Waals surface area contributed by atoms with Crippen molar-refractivity contribution in [3.05, 3.63) is 23.8 Å². The Morgan fingerprint density at radius 2 is 1.95 bits per heavy atom. The highest BCUT2D eigenvalue weighted by atomic mass is 32.2. The molecule has 1 heterocycles. The van der Waals surface area contributed by atoms with E-state index in [9.17, 15) is 4.79 Å². The van der Waals surface area contributed by atoms with E-state index in [2.05, 4.69) is 29.4 Å². The van der Waals surface area contributed by atoms with Gasteiger partial charge in [0.15, 0.2) is 15.8 Å². The Labute approximate surface area is 137 Å². The van der Waals surface area contributed by atoms with Crippen molar-refractivity contribution in [2.75, 3.05) is 19.5 Å². The molecule has 1 aromatic carbocycles. The molecule has 2 aromatic rings. The molecular formula is C14H17N3O3S2. The van der Waals surface area contributed by atoms with Gasteiger partial charge in [-0.05, 0) is 18.2 Å². The Morgan fingerprint density at radius 1 is 1.23 bits per heavy atom. The van der Waals surface area contributed by atoms with Gasteiger partial charge >= 0.3 is 0 Å². The number of thioether (sulfide) groups is 1. The molecule has 8 heteroatoms. The van der Waals surface area contributed by atoms with E-state index in [1.165, 1.54) is 18.4 Å². The van der Waals surface area contributed by atoms with E-state index >= 15 is 0 Å². The summed E-state index contributed by atoms with van der Waals surface area (Å²) in [6.07, 6.45) is 0. The minimum Gasteiger partial charge on any atom is -0.493 e. The maximum Gasteiger partial charge on any atom is 0.257 e. The summed E-state index contributed by atoms with van der Waals surface area (Å²) in [5.74, 6) is 0.812. The molecule has 0 saturated heterocycles. The molecule has 0 fully saturated rings.